The van der Waals surface area contributed by atoms with Crippen molar-refractivity contribution in [3.8, 4) is 0 Å². The Morgan fingerprint density at radius 3 is 2.00 bits per heavy atom. The van der Waals surface area contributed by atoms with Gasteiger partial charge < -0.3 is 13.7 Å². The number of nitrogens with one attached hydrogen (secondary N) is 1. The topological polar surface area (TPSA) is 202 Å². The summed E-state index contributed by atoms with van der Waals surface area (Å²) >= 11 is 0. The van der Waals surface area contributed by atoms with Crippen molar-refractivity contribution in [2.45, 2.75) is 31.4 Å². The first-order valence-corrected chi connectivity index (χ1v) is 9.80. The summed E-state index contributed by atoms with van der Waals surface area (Å²) in [6.07, 6.45) is -1.82. The molecule has 0 aromatic carbocycles. The maximum Gasteiger partial charge on any atom is 0.217 e. The molecule has 1 fully saturated rings. The summed E-state index contributed by atoms with van der Waals surface area (Å²) in [5.41, 5.74) is 0. The van der Waals surface area contributed by atoms with E-state index in [0.717, 1.165) is 0 Å². The van der Waals surface area contributed by atoms with E-state index < -0.39 is 55.8 Å². The molecule has 0 aromatic rings. The summed E-state index contributed by atoms with van der Waals surface area (Å²) in [4.78, 5) is 0. The minimum atomic E-state index is -5.19. The SMILES string of the molecule is O=S(=O)([O-])NC1CCC(COS(=O)(=O)[O-])C[C@H]1OS(=O)(=O)[O-]. The van der Waals surface area contributed by atoms with Gasteiger partial charge in [0.25, 0.3) is 0 Å². The third kappa shape index (κ3) is 8.30. The predicted molar refractivity (Wildman–Crippen MR) is 64.2 cm³/mol. The standard InChI is InChI=1S/C7H15NO11S3/c9-20(10,11)8-6-2-1-5(4-18-21(12,13)14)3-7(6)19-22(15,16)17/h5-8H,1-4H2,(H,9,10,11)(H,12,13,14)(H,15,16,17)/p-3/t5?,6?,7-/m1/s1. The van der Waals surface area contributed by atoms with Gasteiger partial charge in [-0.1, -0.05) is 0 Å². The molecule has 3 atom stereocenters. The summed E-state index contributed by atoms with van der Waals surface area (Å²) in [5, 5.41) is 0. The molecular weight excluding hydrogens is 370 g/mol. The fourth-order valence-corrected chi connectivity index (χ4v) is 3.64. The average Bonchev–Trinajstić information content (AvgIpc) is 2.24. The molecule has 0 spiro atoms. The van der Waals surface area contributed by atoms with Gasteiger partial charge in [-0.25, -0.2) is 30.0 Å². The highest BCUT2D eigenvalue weighted by atomic mass is 32.3. The minimum Gasteiger partial charge on any atom is -0.735 e. The summed E-state index contributed by atoms with van der Waals surface area (Å²) in [7, 11) is -15.1. The van der Waals surface area contributed by atoms with Crippen molar-refractivity contribution in [3.63, 3.8) is 0 Å². The molecule has 22 heavy (non-hydrogen) atoms. The molecule has 0 aliphatic heterocycles. The molecule has 0 bridgehead atoms. The number of rotatable bonds is 7. The first-order valence-electron chi connectivity index (χ1n) is 5.73. The number of hydrogen-bond acceptors (Lipinski definition) is 11. The minimum absolute atomic E-state index is 0.113. The van der Waals surface area contributed by atoms with Gasteiger partial charge in [0.05, 0.1) is 12.7 Å². The second kappa shape index (κ2) is 7.02. The smallest absolute Gasteiger partial charge is 0.217 e. The Labute approximate surface area is 127 Å². The molecule has 1 saturated carbocycles. The summed E-state index contributed by atoms with van der Waals surface area (Å²) in [6.45, 7) is -0.582. The highest BCUT2D eigenvalue weighted by Crippen LogP contribution is 2.28. The van der Waals surface area contributed by atoms with E-state index in [4.69, 9.17) is 0 Å². The van der Waals surface area contributed by atoms with Gasteiger partial charge in [-0.2, -0.15) is 0 Å². The van der Waals surface area contributed by atoms with Crippen molar-refractivity contribution in [2.24, 2.45) is 5.92 Å². The maximum atomic E-state index is 10.7. The lowest BCUT2D eigenvalue weighted by Gasteiger charge is -2.36. The maximum absolute atomic E-state index is 10.7. The van der Waals surface area contributed by atoms with Gasteiger partial charge >= 0.3 is 0 Å². The third-order valence-corrected chi connectivity index (χ3v) is 4.38. The molecule has 1 aliphatic carbocycles. The lowest BCUT2D eigenvalue weighted by Crippen LogP contribution is -2.49. The third-order valence-electron chi connectivity index (χ3n) is 2.89. The Hall–Kier alpha value is -0.390. The molecule has 0 saturated heterocycles. The van der Waals surface area contributed by atoms with Crippen LogP contribution in [0.4, 0.5) is 0 Å². The van der Waals surface area contributed by atoms with Crippen LogP contribution in [0.1, 0.15) is 19.3 Å². The fraction of sp³-hybridized carbons (Fsp3) is 1.00. The molecule has 1 rings (SSSR count). The Bertz CT molecular complexity index is 681. The number of hydrogen-bond donors (Lipinski definition) is 1. The monoisotopic (exact) mass is 382 g/mol. The predicted octanol–water partition coefficient (Wildman–Crippen LogP) is -2.47. The molecule has 0 amide bonds. The first kappa shape index (κ1) is 19.7. The van der Waals surface area contributed by atoms with Crippen LogP contribution in [-0.2, 0) is 39.5 Å². The van der Waals surface area contributed by atoms with Crippen LogP contribution in [0.25, 0.3) is 0 Å². The quantitative estimate of drug-likeness (QED) is 0.361. The zero-order chi connectivity index (χ0) is 17.2. The van der Waals surface area contributed by atoms with Crippen LogP contribution < -0.4 is 4.72 Å². The fourth-order valence-electron chi connectivity index (χ4n) is 2.12. The van der Waals surface area contributed by atoms with Crippen LogP contribution in [0.3, 0.4) is 0 Å². The largest absolute Gasteiger partial charge is 0.735 e. The second-order valence-corrected chi connectivity index (χ2v) is 7.80. The molecule has 2 unspecified atom stereocenters. The zero-order valence-electron chi connectivity index (χ0n) is 10.8. The van der Waals surface area contributed by atoms with E-state index in [-0.39, 0.29) is 19.3 Å². The van der Waals surface area contributed by atoms with E-state index in [9.17, 15) is 38.9 Å². The molecule has 0 radical (unpaired) electrons. The molecule has 0 heterocycles. The summed E-state index contributed by atoms with van der Waals surface area (Å²) in [5.74, 6) is -0.678. The van der Waals surface area contributed by atoms with Gasteiger partial charge in [-0.3, -0.25) is 8.37 Å². The molecule has 1 aliphatic rings. The van der Waals surface area contributed by atoms with Gasteiger partial charge in [0.2, 0.25) is 20.8 Å². The molecule has 1 N–H and O–H groups in total. The Morgan fingerprint density at radius 2 is 1.55 bits per heavy atom. The normalized spacial score (nSPS) is 27.7. The van der Waals surface area contributed by atoms with E-state index in [1.165, 1.54) is 0 Å². The second-order valence-electron chi connectivity index (χ2n) is 4.59. The van der Waals surface area contributed by atoms with Crippen LogP contribution in [0.2, 0.25) is 0 Å². The van der Waals surface area contributed by atoms with Crippen LogP contribution >= 0.6 is 0 Å². The van der Waals surface area contributed by atoms with E-state index >= 15 is 0 Å². The van der Waals surface area contributed by atoms with Gasteiger partial charge in [-0.05, 0) is 25.2 Å². The molecule has 0 aromatic heterocycles. The van der Waals surface area contributed by atoms with Gasteiger partial charge in [-0.15, -0.1) is 0 Å². The Kier molecular flexibility index (Phi) is 6.27. The van der Waals surface area contributed by atoms with E-state index in [1.54, 1.807) is 4.72 Å². The van der Waals surface area contributed by atoms with E-state index in [2.05, 4.69) is 8.37 Å². The molecular formula is C7H12NO11S3-3. The van der Waals surface area contributed by atoms with Crippen LogP contribution in [0.15, 0.2) is 0 Å². The van der Waals surface area contributed by atoms with Crippen molar-refractivity contribution in [2.75, 3.05) is 6.61 Å². The van der Waals surface area contributed by atoms with Gasteiger partial charge in [0, 0.05) is 6.04 Å². The Balaban J connectivity index is 2.79. The van der Waals surface area contributed by atoms with Crippen LogP contribution in [0.5, 0.6) is 0 Å². The average molecular weight is 382 g/mol. The summed E-state index contributed by atoms with van der Waals surface area (Å²) < 4.78 is 105. The molecule has 15 heteroatoms. The molecule has 12 nitrogen and oxygen atoms in total. The van der Waals surface area contributed by atoms with E-state index in [0.29, 0.717) is 0 Å². The van der Waals surface area contributed by atoms with Crippen LogP contribution in [0, 0.1) is 5.92 Å². The van der Waals surface area contributed by atoms with Gasteiger partial charge in [0.15, 0.2) is 10.3 Å². The summed E-state index contributed by atoms with van der Waals surface area (Å²) in [6, 6.07) is -1.27. The molecule has 132 valence electrons. The van der Waals surface area contributed by atoms with Gasteiger partial charge in [0.1, 0.15) is 0 Å². The highest BCUT2D eigenvalue weighted by Gasteiger charge is 2.34. The van der Waals surface area contributed by atoms with Crippen molar-refractivity contribution >= 4 is 31.1 Å². The highest BCUT2D eigenvalue weighted by molar-refractivity contribution is 7.83. The van der Waals surface area contributed by atoms with Crippen molar-refractivity contribution in [1.82, 2.24) is 4.72 Å². The lowest BCUT2D eigenvalue weighted by molar-refractivity contribution is 0.0677. The van der Waals surface area contributed by atoms with Crippen molar-refractivity contribution in [1.29, 1.82) is 0 Å². The first-order chi connectivity index (χ1) is 9.75. The lowest BCUT2D eigenvalue weighted by atomic mass is 9.85. The zero-order valence-corrected chi connectivity index (χ0v) is 13.2. The van der Waals surface area contributed by atoms with Crippen molar-refractivity contribution in [3.05, 3.63) is 0 Å². The van der Waals surface area contributed by atoms with Crippen molar-refractivity contribution < 1.29 is 47.3 Å². The van der Waals surface area contributed by atoms with E-state index in [1.807, 2.05) is 0 Å². The van der Waals surface area contributed by atoms with Crippen LogP contribution in [-0.4, -0.2) is 57.7 Å². The Morgan fingerprint density at radius 1 is 0.955 bits per heavy atom.